The van der Waals surface area contributed by atoms with E-state index in [1.807, 2.05) is 0 Å². The summed E-state index contributed by atoms with van der Waals surface area (Å²) < 4.78 is 2.43. The Balaban J connectivity index is 1.01. The highest BCUT2D eigenvalue weighted by molar-refractivity contribution is 6.09. The maximum Gasteiger partial charge on any atom is 0.0541 e. The first-order chi connectivity index (χ1) is 32.0. The first-order valence-electron chi connectivity index (χ1n) is 22.6. The van der Waals surface area contributed by atoms with Crippen LogP contribution in [-0.4, -0.2) is 4.57 Å². The van der Waals surface area contributed by atoms with Gasteiger partial charge in [-0.1, -0.05) is 196 Å². The van der Waals surface area contributed by atoms with Crippen LogP contribution in [0.15, 0.2) is 243 Å². The van der Waals surface area contributed by atoms with Gasteiger partial charge in [-0.15, -0.1) is 0 Å². The van der Waals surface area contributed by atoms with E-state index in [-0.39, 0.29) is 5.41 Å². The van der Waals surface area contributed by atoms with Gasteiger partial charge in [-0.25, -0.2) is 0 Å². The van der Waals surface area contributed by atoms with E-state index in [1.54, 1.807) is 0 Å². The minimum Gasteiger partial charge on any atom is -0.310 e. The maximum atomic E-state index is 2.45. The molecule has 12 rings (SSSR count). The first-order valence-corrected chi connectivity index (χ1v) is 22.6. The first kappa shape index (κ1) is 38.5. The van der Waals surface area contributed by atoms with Crippen molar-refractivity contribution in [2.75, 3.05) is 4.90 Å². The average molecular weight is 831 g/mol. The van der Waals surface area contributed by atoms with Gasteiger partial charge < -0.3 is 9.47 Å². The second-order valence-electron chi connectivity index (χ2n) is 17.7. The number of para-hydroxylation sites is 2. The Labute approximate surface area is 381 Å². The number of hydrogen-bond acceptors (Lipinski definition) is 1. The van der Waals surface area contributed by atoms with E-state index in [4.69, 9.17) is 0 Å². The summed E-state index contributed by atoms with van der Waals surface area (Å²) in [6.07, 6.45) is 0. The lowest BCUT2D eigenvalue weighted by atomic mass is 9.82. The largest absolute Gasteiger partial charge is 0.310 e. The molecular formula is C63H46N2. The Hall–Kier alpha value is -8.20. The summed E-state index contributed by atoms with van der Waals surface area (Å²) in [7, 11) is 0. The molecule has 0 bridgehead atoms. The molecule has 0 unspecified atom stereocenters. The lowest BCUT2D eigenvalue weighted by Crippen LogP contribution is -2.17. The molecule has 0 saturated heterocycles. The minimum absolute atomic E-state index is 0.256. The van der Waals surface area contributed by atoms with Crippen molar-refractivity contribution in [3.05, 3.63) is 254 Å². The molecule has 0 saturated carbocycles. The van der Waals surface area contributed by atoms with E-state index in [1.165, 1.54) is 94.3 Å². The highest BCUT2D eigenvalue weighted by Crippen LogP contribution is 2.52. The summed E-state index contributed by atoms with van der Waals surface area (Å²) in [6, 6.07) is 88.8. The van der Waals surface area contributed by atoms with Gasteiger partial charge in [0, 0.05) is 38.9 Å². The van der Waals surface area contributed by atoms with Crippen LogP contribution >= 0.6 is 0 Å². The van der Waals surface area contributed by atoms with Crippen LogP contribution in [0, 0.1) is 0 Å². The zero-order chi connectivity index (χ0) is 43.5. The highest BCUT2D eigenvalue weighted by atomic mass is 15.1. The lowest BCUT2D eigenvalue weighted by Gasteiger charge is -2.29. The average Bonchev–Trinajstić information content (AvgIpc) is 3.82. The summed E-state index contributed by atoms with van der Waals surface area (Å²) >= 11 is 0. The number of hydrogen-bond donors (Lipinski definition) is 0. The third-order valence-electron chi connectivity index (χ3n) is 13.6. The Morgan fingerprint density at radius 1 is 0.308 bits per heavy atom. The molecule has 308 valence electrons. The van der Waals surface area contributed by atoms with Crippen molar-refractivity contribution in [3.63, 3.8) is 0 Å². The molecule has 0 radical (unpaired) electrons. The monoisotopic (exact) mass is 830 g/mol. The van der Waals surface area contributed by atoms with Crippen LogP contribution < -0.4 is 4.90 Å². The Morgan fingerprint density at radius 2 is 0.708 bits per heavy atom. The molecule has 0 fully saturated rings. The van der Waals surface area contributed by atoms with Gasteiger partial charge in [-0.3, -0.25) is 0 Å². The maximum absolute atomic E-state index is 2.45. The van der Waals surface area contributed by atoms with Gasteiger partial charge in [0.25, 0.3) is 0 Å². The van der Waals surface area contributed by atoms with Crippen LogP contribution in [0.4, 0.5) is 17.1 Å². The third-order valence-corrected chi connectivity index (χ3v) is 13.6. The van der Waals surface area contributed by atoms with Crippen molar-refractivity contribution in [2.45, 2.75) is 19.3 Å². The molecule has 0 atom stereocenters. The number of rotatable bonds is 8. The van der Waals surface area contributed by atoms with Crippen molar-refractivity contribution in [2.24, 2.45) is 0 Å². The molecule has 0 N–H and O–H groups in total. The van der Waals surface area contributed by atoms with E-state index in [0.29, 0.717) is 0 Å². The zero-order valence-electron chi connectivity index (χ0n) is 36.5. The zero-order valence-corrected chi connectivity index (χ0v) is 36.5. The van der Waals surface area contributed by atoms with Gasteiger partial charge in [-0.05, 0) is 127 Å². The second kappa shape index (κ2) is 15.6. The quantitative estimate of drug-likeness (QED) is 0.148. The Morgan fingerprint density at radius 3 is 1.23 bits per heavy atom. The molecule has 1 aliphatic carbocycles. The number of anilines is 3. The van der Waals surface area contributed by atoms with Crippen LogP contribution in [0.1, 0.15) is 25.0 Å². The number of nitrogens with zero attached hydrogens (tertiary/aromatic N) is 2. The SMILES string of the molecule is CC1(C)c2cc(N(c3cccc(-c4ccccc4-c4ccccc4)c3)c3cccc(-c4ccccc4-c4ccccc4)c3)ccc2-c2ccc(-n3c4ccccc4c4ccccc43)cc21. The van der Waals surface area contributed by atoms with Gasteiger partial charge >= 0.3 is 0 Å². The number of benzene rings is 10. The van der Waals surface area contributed by atoms with Crippen molar-refractivity contribution in [1.29, 1.82) is 0 Å². The third kappa shape index (κ3) is 6.49. The fourth-order valence-electron chi connectivity index (χ4n) is 10.5. The fraction of sp³-hybridized carbons (Fsp3) is 0.0476. The fourth-order valence-corrected chi connectivity index (χ4v) is 10.5. The van der Waals surface area contributed by atoms with Crippen molar-refractivity contribution in [1.82, 2.24) is 4.57 Å². The Kier molecular flexibility index (Phi) is 9.21. The second-order valence-corrected chi connectivity index (χ2v) is 17.7. The van der Waals surface area contributed by atoms with Crippen LogP contribution in [0.2, 0.25) is 0 Å². The topological polar surface area (TPSA) is 8.17 Å². The van der Waals surface area contributed by atoms with Crippen LogP contribution in [0.5, 0.6) is 0 Å². The highest BCUT2D eigenvalue weighted by Gasteiger charge is 2.36. The van der Waals surface area contributed by atoms with Crippen LogP contribution in [0.3, 0.4) is 0 Å². The van der Waals surface area contributed by atoms with E-state index >= 15 is 0 Å². The van der Waals surface area contributed by atoms with E-state index in [2.05, 4.69) is 266 Å². The number of aromatic nitrogens is 1. The Bertz CT molecular complexity index is 3400. The smallest absolute Gasteiger partial charge is 0.0541 e. The molecule has 1 aromatic heterocycles. The van der Waals surface area contributed by atoms with Gasteiger partial charge in [0.2, 0.25) is 0 Å². The molecule has 65 heavy (non-hydrogen) atoms. The van der Waals surface area contributed by atoms with Crippen molar-refractivity contribution < 1.29 is 0 Å². The van der Waals surface area contributed by atoms with Crippen molar-refractivity contribution in [3.8, 4) is 61.3 Å². The molecule has 1 heterocycles. The molecule has 2 nitrogen and oxygen atoms in total. The summed E-state index contributed by atoms with van der Waals surface area (Å²) in [5, 5.41) is 2.55. The summed E-state index contributed by atoms with van der Waals surface area (Å²) in [4.78, 5) is 2.45. The molecule has 10 aromatic carbocycles. The van der Waals surface area contributed by atoms with Crippen LogP contribution in [-0.2, 0) is 5.41 Å². The van der Waals surface area contributed by atoms with E-state index < -0.39 is 0 Å². The molecule has 0 aliphatic heterocycles. The summed E-state index contributed by atoms with van der Waals surface area (Å²) in [5.41, 5.74) is 21.5. The molecule has 1 aliphatic rings. The van der Waals surface area contributed by atoms with E-state index in [0.717, 1.165) is 17.1 Å². The minimum atomic E-state index is -0.256. The molecular weight excluding hydrogens is 785 g/mol. The lowest BCUT2D eigenvalue weighted by molar-refractivity contribution is 0.660. The molecule has 0 amide bonds. The normalized spacial score (nSPS) is 12.6. The predicted octanol–water partition coefficient (Wildman–Crippen LogP) is 17.2. The van der Waals surface area contributed by atoms with Crippen molar-refractivity contribution >= 4 is 38.9 Å². The van der Waals surface area contributed by atoms with Gasteiger partial charge in [-0.2, -0.15) is 0 Å². The summed E-state index contributed by atoms with van der Waals surface area (Å²) in [6.45, 7) is 4.79. The van der Waals surface area contributed by atoms with Gasteiger partial charge in [0.15, 0.2) is 0 Å². The van der Waals surface area contributed by atoms with Gasteiger partial charge in [0.1, 0.15) is 0 Å². The number of fused-ring (bicyclic) bond motifs is 6. The van der Waals surface area contributed by atoms with Crippen LogP contribution in [0.25, 0.3) is 83.1 Å². The molecule has 2 heteroatoms. The standard InChI is InChI=1S/C63H46N2/c1-63(2)59-41-49(35-37-55(59)56-38-36-50(42-60(56)63)65-61-33-15-13-31-57(61)58-32-14-16-34-62(58)65)64(47-25-17-23-45(39-47)53-29-11-9-27-51(53)43-19-5-3-6-20-43)48-26-18-24-46(40-48)54-30-12-10-28-52(54)44-21-7-4-8-22-44/h3-42H,1-2H3. The summed E-state index contributed by atoms with van der Waals surface area (Å²) in [5.74, 6) is 0. The van der Waals surface area contributed by atoms with Gasteiger partial charge in [0.05, 0.1) is 11.0 Å². The molecule has 11 aromatic rings. The van der Waals surface area contributed by atoms with E-state index in [9.17, 15) is 0 Å². The predicted molar refractivity (Wildman–Crippen MR) is 275 cm³/mol. The molecule has 0 spiro atoms.